The Hall–Kier alpha value is -2.97. The van der Waals surface area contributed by atoms with Crippen molar-refractivity contribution in [2.75, 3.05) is 18.1 Å². The van der Waals surface area contributed by atoms with Crippen LogP contribution in [-0.2, 0) is 25.6 Å². The predicted molar refractivity (Wildman–Crippen MR) is 139 cm³/mol. The zero-order chi connectivity index (χ0) is 26.4. The zero-order valence-corrected chi connectivity index (χ0v) is 20.9. The molecular formula is C21H33N7O5S2. The SMILES string of the molecule is NC(N)=NCCCC(N)C(=O)NC(CS)C(=O)NC(CS)C(=O)NC(Cc1ccccc1)C(=O)O. The number of hydrogen-bond donors (Lipinski definition) is 9. The molecule has 4 unspecified atom stereocenters. The Balaban J connectivity index is 2.68. The van der Waals surface area contributed by atoms with Gasteiger partial charge in [0, 0.05) is 24.5 Å². The van der Waals surface area contributed by atoms with Crippen LogP contribution >= 0.6 is 25.3 Å². The first-order chi connectivity index (χ1) is 16.6. The summed E-state index contributed by atoms with van der Waals surface area (Å²) in [7, 11) is 0. The number of aliphatic carboxylic acids is 1. The Kier molecular flexibility index (Phi) is 13.6. The van der Waals surface area contributed by atoms with Gasteiger partial charge in [-0.05, 0) is 18.4 Å². The molecule has 0 aromatic heterocycles. The molecule has 0 saturated carbocycles. The minimum atomic E-state index is -1.22. The molecule has 0 saturated heterocycles. The maximum atomic E-state index is 12.7. The second-order valence-corrected chi connectivity index (χ2v) is 8.36. The molecule has 0 spiro atoms. The van der Waals surface area contributed by atoms with Crippen molar-refractivity contribution in [3.63, 3.8) is 0 Å². The molecule has 0 aliphatic carbocycles. The van der Waals surface area contributed by atoms with Crippen molar-refractivity contribution < 1.29 is 24.3 Å². The topological polar surface area (TPSA) is 215 Å². The van der Waals surface area contributed by atoms with E-state index in [1.807, 2.05) is 0 Å². The van der Waals surface area contributed by atoms with Gasteiger partial charge in [0.25, 0.3) is 0 Å². The second kappa shape index (κ2) is 15.8. The van der Waals surface area contributed by atoms with Crippen LogP contribution < -0.4 is 33.2 Å². The van der Waals surface area contributed by atoms with Crippen molar-refractivity contribution in [1.29, 1.82) is 0 Å². The lowest BCUT2D eigenvalue weighted by molar-refractivity contribution is -0.142. The van der Waals surface area contributed by atoms with Crippen molar-refractivity contribution in [3.8, 4) is 0 Å². The van der Waals surface area contributed by atoms with E-state index in [9.17, 15) is 24.3 Å². The van der Waals surface area contributed by atoms with Crippen molar-refractivity contribution in [2.24, 2.45) is 22.2 Å². The first-order valence-electron chi connectivity index (χ1n) is 10.8. The summed E-state index contributed by atoms with van der Waals surface area (Å²) >= 11 is 8.18. The summed E-state index contributed by atoms with van der Waals surface area (Å²) in [6.07, 6.45) is 0.800. The van der Waals surface area contributed by atoms with Crippen LogP contribution in [0.1, 0.15) is 18.4 Å². The summed E-state index contributed by atoms with van der Waals surface area (Å²) in [6.45, 7) is 0.306. The molecule has 3 amide bonds. The monoisotopic (exact) mass is 527 g/mol. The molecule has 0 radical (unpaired) electrons. The number of guanidine groups is 1. The molecule has 0 aliphatic heterocycles. The maximum Gasteiger partial charge on any atom is 0.326 e. The fourth-order valence-corrected chi connectivity index (χ4v) is 3.43. The van der Waals surface area contributed by atoms with Gasteiger partial charge in [0.1, 0.15) is 18.1 Å². The van der Waals surface area contributed by atoms with Crippen LogP contribution in [0.2, 0.25) is 0 Å². The number of carboxylic acid groups (broad SMARTS) is 1. The van der Waals surface area contributed by atoms with Crippen LogP contribution in [0.4, 0.5) is 0 Å². The number of carbonyl (C=O) groups is 4. The number of benzene rings is 1. The van der Waals surface area contributed by atoms with E-state index in [0.29, 0.717) is 13.0 Å². The van der Waals surface area contributed by atoms with Crippen molar-refractivity contribution >= 4 is 54.9 Å². The Morgan fingerprint density at radius 1 is 0.886 bits per heavy atom. The van der Waals surface area contributed by atoms with Gasteiger partial charge in [-0.2, -0.15) is 25.3 Å². The standard InChI is InChI=1S/C21H33N7O5S2/c22-13(7-4-8-25-21(23)24)17(29)27-15(10-34)19(31)28-16(11-35)18(30)26-14(20(32)33)9-12-5-2-1-3-6-12/h1-3,5-6,13-16,34-35H,4,7-11,22H2,(H,26,30)(H,27,29)(H,28,31)(H,32,33)(H4,23,24,25). The van der Waals surface area contributed by atoms with Gasteiger partial charge in [-0.3, -0.25) is 19.4 Å². The second-order valence-electron chi connectivity index (χ2n) is 7.63. The predicted octanol–water partition coefficient (Wildman–Crippen LogP) is -1.99. The number of rotatable bonds is 15. The maximum absolute atomic E-state index is 12.7. The quantitative estimate of drug-likeness (QED) is 0.0537. The van der Waals surface area contributed by atoms with E-state index in [1.54, 1.807) is 30.3 Å². The zero-order valence-electron chi connectivity index (χ0n) is 19.1. The van der Waals surface area contributed by atoms with Crippen molar-refractivity contribution in [3.05, 3.63) is 35.9 Å². The van der Waals surface area contributed by atoms with E-state index in [-0.39, 0.29) is 30.3 Å². The third-order valence-electron chi connectivity index (χ3n) is 4.83. The summed E-state index contributed by atoms with van der Waals surface area (Å²) in [4.78, 5) is 53.1. The average Bonchev–Trinajstić information content (AvgIpc) is 2.82. The molecule has 4 atom stereocenters. The minimum absolute atomic E-state index is 0.0611. The molecule has 1 rings (SSSR count). The molecular weight excluding hydrogens is 494 g/mol. The van der Waals surface area contributed by atoms with Gasteiger partial charge in [0.2, 0.25) is 17.7 Å². The molecule has 1 aromatic carbocycles. The largest absolute Gasteiger partial charge is 0.480 e. The first kappa shape index (κ1) is 30.1. The van der Waals surface area contributed by atoms with Gasteiger partial charge in [-0.1, -0.05) is 30.3 Å². The van der Waals surface area contributed by atoms with Crippen LogP contribution in [0.15, 0.2) is 35.3 Å². The molecule has 0 bridgehead atoms. The number of nitrogens with one attached hydrogen (secondary N) is 3. The van der Waals surface area contributed by atoms with Crippen molar-refractivity contribution in [1.82, 2.24) is 16.0 Å². The van der Waals surface area contributed by atoms with Gasteiger partial charge in [-0.25, -0.2) is 4.79 Å². The number of carboxylic acids is 1. The smallest absolute Gasteiger partial charge is 0.326 e. The number of thiol groups is 2. The fourth-order valence-electron chi connectivity index (χ4n) is 2.91. The number of nitrogens with two attached hydrogens (primary N) is 3. The summed E-state index contributed by atoms with van der Waals surface area (Å²) in [5.74, 6) is -3.45. The number of hydrogen-bond acceptors (Lipinski definition) is 8. The highest BCUT2D eigenvalue weighted by molar-refractivity contribution is 7.80. The van der Waals surface area contributed by atoms with Gasteiger partial charge >= 0.3 is 5.97 Å². The number of aliphatic imine (C=N–C) groups is 1. The summed E-state index contributed by atoms with van der Waals surface area (Å²) < 4.78 is 0. The molecule has 1 aromatic rings. The molecule has 0 aliphatic rings. The summed E-state index contributed by atoms with van der Waals surface area (Å²) in [6, 6.07) is 4.46. The minimum Gasteiger partial charge on any atom is -0.480 e. The lowest BCUT2D eigenvalue weighted by Crippen LogP contribution is -2.58. The van der Waals surface area contributed by atoms with E-state index in [0.717, 1.165) is 5.56 Å². The van der Waals surface area contributed by atoms with E-state index in [2.05, 4.69) is 46.2 Å². The first-order valence-corrected chi connectivity index (χ1v) is 12.1. The molecule has 35 heavy (non-hydrogen) atoms. The molecule has 10 N–H and O–H groups in total. The highest BCUT2D eigenvalue weighted by atomic mass is 32.1. The van der Waals surface area contributed by atoms with Gasteiger partial charge in [0.05, 0.1) is 6.04 Å². The number of carbonyl (C=O) groups excluding carboxylic acids is 3. The van der Waals surface area contributed by atoms with Crippen LogP contribution in [-0.4, -0.2) is 77.0 Å². The third kappa shape index (κ3) is 11.3. The molecule has 0 fully saturated rings. The average molecular weight is 528 g/mol. The highest BCUT2D eigenvalue weighted by Gasteiger charge is 2.29. The molecule has 12 nitrogen and oxygen atoms in total. The Morgan fingerprint density at radius 2 is 1.40 bits per heavy atom. The molecule has 14 heteroatoms. The number of nitrogens with zero attached hydrogens (tertiary/aromatic N) is 1. The van der Waals surface area contributed by atoms with Crippen LogP contribution in [0.25, 0.3) is 0 Å². The lowest BCUT2D eigenvalue weighted by Gasteiger charge is -2.23. The van der Waals surface area contributed by atoms with Gasteiger partial charge in [-0.15, -0.1) is 0 Å². The van der Waals surface area contributed by atoms with Crippen LogP contribution in [0.5, 0.6) is 0 Å². The van der Waals surface area contributed by atoms with Gasteiger partial charge in [0.15, 0.2) is 5.96 Å². The summed E-state index contributed by atoms with van der Waals surface area (Å²) in [5, 5.41) is 16.9. The van der Waals surface area contributed by atoms with E-state index in [1.165, 1.54) is 0 Å². The van der Waals surface area contributed by atoms with Crippen LogP contribution in [0.3, 0.4) is 0 Å². The van der Waals surface area contributed by atoms with E-state index in [4.69, 9.17) is 17.2 Å². The van der Waals surface area contributed by atoms with E-state index >= 15 is 0 Å². The van der Waals surface area contributed by atoms with Crippen LogP contribution in [0, 0.1) is 0 Å². The molecule has 194 valence electrons. The summed E-state index contributed by atoms with van der Waals surface area (Å²) in [5.41, 5.74) is 17.0. The Bertz CT molecular complexity index is 884. The van der Waals surface area contributed by atoms with Gasteiger partial charge < -0.3 is 38.3 Å². The number of amides is 3. The lowest BCUT2D eigenvalue weighted by atomic mass is 10.1. The molecule has 0 heterocycles. The highest BCUT2D eigenvalue weighted by Crippen LogP contribution is 2.05. The third-order valence-corrected chi connectivity index (χ3v) is 5.56. The van der Waals surface area contributed by atoms with E-state index < -0.39 is 47.9 Å². The normalized spacial score (nSPS) is 14.0. The Labute approximate surface area is 214 Å². The Morgan fingerprint density at radius 3 is 1.89 bits per heavy atom. The van der Waals surface area contributed by atoms with Crippen molar-refractivity contribution in [2.45, 2.75) is 43.4 Å². The fraction of sp³-hybridized carbons (Fsp3) is 0.476.